The molecule has 0 aliphatic rings. The van der Waals surface area contributed by atoms with E-state index in [1.807, 2.05) is 19.1 Å². The quantitative estimate of drug-likeness (QED) is 0.439. The van der Waals surface area contributed by atoms with Crippen LogP contribution < -0.4 is 5.32 Å². The summed E-state index contributed by atoms with van der Waals surface area (Å²) in [6, 6.07) is 11.6. The van der Waals surface area contributed by atoms with Gasteiger partial charge in [0.05, 0.1) is 20.1 Å². The number of nitro groups is 1. The summed E-state index contributed by atoms with van der Waals surface area (Å²) < 4.78 is 1.01. The first-order chi connectivity index (χ1) is 11.5. The predicted molar refractivity (Wildman–Crippen MR) is 95.1 cm³/mol. The van der Waals surface area contributed by atoms with Gasteiger partial charge in [-0.25, -0.2) is 4.98 Å². The van der Waals surface area contributed by atoms with Gasteiger partial charge in [-0.15, -0.1) is 11.3 Å². The molecule has 0 saturated heterocycles. The molecule has 2 aromatic carbocycles. The average Bonchev–Trinajstić information content (AvgIpc) is 2.92. The molecule has 0 unspecified atom stereocenters. The zero-order valence-corrected chi connectivity index (χ0v) is 13.5. The Kier molecular flexibility index (Phi) is 4.35. The third kappa shape index (κ3) is 3.64. The SMILES string of the molecule is Cc1nc2ccc(NC(=O)/C=C/c3cccc([N+](=O)[O-])c3)cc2s1. The van der Waals surface area contributed by atoms with Crippen molar-refractivity contribution in [2.45, 2.75) is 6.92 Å². The lowest BCUT2D eigenvalue weighted by atomic mass is 10.2. The zero-order chi connectivity index (χ0) is 17.1. The Bertz CT molecular complexity index is 963. The molecular formula is C17H13N3O3S. The topological polar surface area (TPSA) is 85.1 Å². The van der Waals surface area contributed by atoms with E-state index in [1.165, 1.54) is 24.3 Å². The molecule has 6 nitrogen and oxygen atoms in total. The van der Waals surface area contributed by atoms with E-state index >= 15 is 0 Å². The normalized spacial score (nSPS) is 11.0. The number of nitrogens with zero attached hydrogens (tertiary/aromatic N) is 2. The molecule has 24 heavy (non-hydrogen) atoms. The molecule has 0 spiro atoms. The largest absolute Gasteiger partial charge is 0.322 e. The molecule has 3 aromatic rings. The minimum Gasteiger partial charge on any atom is -0.322 e. The summed E-state index contributed by atoms with van der Waals surface area (Å²) in [6.45, 7) is 1.94. The Morgan fingerprint density at radius 3 is 2.92 bits per heavy atom. The smallest absolute Gasteiger partial charge is 0.270 e. The fraction of sp³-hybridized carbons (Fsp3) is 0.0588. The first-order valence-corrected chi connectivity index (χ1v) is 7.93. The summed E-state index contributed by atoms with van der Waals surface area (Å²) in [7, 11) is 0. The van der Waals surface area contributed by atoms with E-state index in [0.29, 0.717) is 11.3 Å². The van der Waals surface area contributed by atoms with E-state index in [9.17, 15) is 14.9 Å². The molecule has 120 valence electrons. The third-order valence-electron chi connectivity index (χ3n) is 3.27. The highest BCUT2D eigenvalue weighted by molar-refractivity contribution is 7.18. The fourth-order valence-corrected chi connectivity index (χ4v) is 3.08. The Morgan fingerprint density at radius 1 is 1.29 bits per heavy atom. The van der Waals surface area contributed by atoms with Crippen molar-refractivity contribution in [1.29, 1.82) is 0 Å². The van der Waals surface area contributed by atoms with Gasteiger partial charge in [-0.05, 0) is 36.8 Å². The van der Waals surface area contributed by atoms with Gasteiger partial charge in [0.25, 0.3) is 5.69 Å². The molecular weight excluding hydrogens is 326 g/mol. The van der Waals surface area contributed by atoms with E-state index in [4.69, 9.17) is 0 Å². The maximum absolute atomic E-state index is 12.0. The lowest BCUT2D eigenvalue weighted by molar-refractivity contribution is -0.384. The third-order valence-corrected chi connectivity index (χ3v) is 4.20. The number of aryl methyl sites for hydroxylation is 1. The summed E-state index contributed by atoms with van der Waals surface area (Å²) in [5, 5.41) is 14.5. The first kappa shape index (κ1) is 15.8. The molecule has 1 amide bonds. The van der Waals surface area contributed by atoms with E-state index in [2.05, 4.69) is 10.3 Å². The van der Waals surface area contributed by atoms with Crippen LogP contribution in [0.2, 0.25) is 0 Å². The number of amides is 1. The molecule has 0 aliphatic carbocycles. The second-order valence-electron chi connectivity index (χ2n) is 5.09. The summed E-state index contributed by atoms with van der Waals surface area (Å²) in [4.78, 5) is 26.6. The van der Waals surface area contributed by atoms with E-state index in [-0.39, 0.29) is 11.6 Å². The molecule has 0 saturated carbocycles. The molecule has 1 heterocycles. The van der Waals surface area contributed by atoms with Crippen molar-refractivity contribution in [3.05, 3.63) is 69.2 Å². The van der Waals surface area contributed by atoms with E-state index in [0.717, 1.165) is 15.2 Å². The number of thiazole rings is 1. The van der Waals surface area contributed by atoms with Crippen molar-refractivity contribution in [3.63, 3.8) is 0 Å². The van der Waals surface area contributed by atoms with Crippen LogP contribution in [0.4, 0.5) is 11.4 Å². The van der Waals surface area contributed by atoms with Crippen LogP contribution in [0, 0.1) is 17.0 Å². The highest BCUT2D eigenvalue weighted by Crippen LogP contribution is 2.24. The second-order valence-corrected chi connectivity index (χ2v) is 6.32. The van der Waals surface area contributed by atoms with Crippen molar-refractivity contribution >= 4 is 44.9 Å². The monoisotopic (exact) mass is 339 g/mol. The van der Waals surface area contributed by atoms with E-state index in [1.54, 1.807) is 29.5 Å². The predicted octanol–water partition coefficient (Wildman–Crippen LogP) is 4.16. The van der Waals surface area contributed by atoms with Crippen molar-refractivity contribution in [1.82, 2.24) is 4.98 Å². The number of aromatic nitrogens is 1. The van der Waals surface area contributed by atoms with Gasteiger partial charge in [0.15, 0.2) is 0 Å². The number of non-ortho nitro benzene ring substituents is 1. The Morgan fingerprint density at radius 2 is 2.12 bits per heavy atom. The Balaban J connectivity index is 1.72. The lowest BCUT2D eigenvalue weighted by Gasteiger charge is -2.01. The summed E-state index contributed by atoms with van der Waals surface area (Å²) >= 11 is 1.56. The highest BCUT2D eigenvalue weighted by atomic mass is 32.1. The van der Waals surface area contributed by atoms with Gasteiger partial charge in [-0.1, -0.05) is 12.1 Å². The fourth-order valence-electron chi connectivity index (χ4n) is 2.22. The van der Waals surface area contributed by atoms with Gasteiger partial charge >= 0.3 is 0 Å². The van der Waals surface area contributed by atoms with Crippen LogP contribution in [0.25, 0.3) is 16.3 Å². The molecule has 0 fully saturated rings. The van der Waals surface area contributed by atoms with Gasteiger partial charge in [0.1, 0.15) is 0 Å². The number of fused-ring (bicyclic) bond motifs is 1. The minimum absolute atomic E-state index is 0.0106. The molecule has 0 bridgehead atoms. The van der Waals surface area contributed by atoms with Crippen LogP contribution in [0.15, 0.2) is 48.5 Å². The maximum atomic E-state index is 12.0. The van der Waals surface area contributed by atoms with Gasteiger partial charge in [0.2, 0.25) is 5.91 Å². The average molecular weight is 339 g/mol. The summed E-state index contributed by atoms with van der Waals surface area (Å²) in [6.07, 6.45) is 2.89. The van der Waals surface area contributed by atoms with E-state index < -0.39 is 4.92 Å². The zero-order valence-electron chi connectivity index (χ0n) is 12.7. The van der Waals surface area contributed by atoms with Crippen LogP contribution >= 0.6 is 11.3 Å². The molecule has 3 rings (SSSR count). The van der Waals surface area contributed by atoms with Crippen LogP contribution in [-0.2, 0) is 4.79 Å². The number of rotatable bonds is 4. The van der Waals surface area contributed by atoms with Crippen molar-refractivity contribution in [2.24, 2.45) is 0 Å². The number of carbonyl (C=O) groups excluding carboxylic acids is 1. The summed E-state index contributed by atoms with van der Waals surface area (Å²) in [5.41, 5.74) is 2.17. The van der Waals surface area contributed by atoms with Crippen LogP contribution in [0.1, 0.15) is 10.6 Å². The van der Waals surface area contributed by atoms with Crippen molar-refractivity contribution < 1.29 is 9.72 Å². The number of hydrogen-bond acceptors (Lipinski definition) is 5. The summed E-state index contributed by atoms with van der Waals surface area (Å²) in [5.74, 6) is -0.304. The number of hydrogen-bond donors (Lipinski definition) is 1. The van der Waals surface area contributed by atoms with Crippen LogP contribution in [0.5, 0.6) is 0 Å². The molecule has 7 heteroatoms. The molecule has 0 atom stereocenters. The van der Waals surface area contributed by atoms with Gasteiger partial charge < -0.3 is 5.32 Å². The number of anilines is 1. The number of carbonyl (C=O) groups is 1. The minimum atomic E-state index is -0.469. The Labute approximate surface area is 141 Å². The van der Waals surface area contributed by atoms with Crippen LogP contribution in [0.3, 0.4) is 0 Å². The molecule has 0 radical (unpaired) electrons. The molecule has 1 aromatic heterocycles. The maximum Gasteiger partial charge on any atom is 0.270 e. The van der Waals surface area contributed by atoms with Gasteiger partial charge in [0, 0.05) is 23.9 Å². The second kappa shape index (κ2) is 6.59. The number of nitrogens with one attached hydrogen (secondary N) is 1. The van der Waals surface area contributed by atoms with Crippen LogP contribution in [-0.4, -0.2) is 15.8 Å². The van der Waals surface area contributed by atoms with Crippen molar-refractivity contribution in [2.75, 3.05) is 5.32 Å². The lowest BCUT2D eigenvalue weighted by Crippen LogP contribution is -2.07. The van der Waals surface area contributed by atoms with Crippen molar-refractivity contribution in [3.8, 4) is 0 Å². The number of nitro benzene ring substituents is 1. The van der Waals surface area contributed by atoms with Gasteiger partial charge in [-0.2, -0.15) is 0 Å². The standard InChI is InChI=1S/C17H13N3O3S/c1-11-18-15-7-6-13(10-16(15)24-11)19-17(21)8-5-12-3-2-4-14(9-12)20(22)23/h2-10H,1H3,(H,19,21)/b8-5+. The van der Waals surface area contributed by atoms with Gasteiger partial charge in [-0.3, -0.25) is 14.9 Å². The first-order valence-electron chi connectivity index (χ1n) is 7.12. The Hall–Kier alpha value is -3.06. The molecule has 1 N–H and O–H groups in total. The highest BCUT2D eigenvalue weighted by Gasteiger charge is 2.05. The number of benzene rings is 2. The molecule has 0 aliphatic heterocycles.